The van der Waals surface area contributed by atoms with E-state index in [0.29, 0.717) is 29.9 Å². The molecule has 0 amide bonds. The van der Waals surface area contributed by atoms with Crippen LogP contribution in [0.4, 0.5) is 24.8 Å². The van der Waals surface area contributed by atoms with Crippen LogP contribution in [0.3, 0.4) is 0 Å². The van der Waals surface area contributed by atoms with Crippen molar-refractivity contribution in [2.75, 3.05) is 30.4 Å². The molecule has 1 atom stereocenters. The van der Waals surface area contributed by atoms with E-state index in [2.05, 4.69) is 60.6 Å². The Kier molecular flexibility index (Phi) is 7.35. The molecule has 206 valence electrons. The average molecular weight is 568 g/mol. The maximum Gasteiger partial charge on any atom is 0.418 e. The lowest BCUT2D eigenvalue weighted by molar-refractivity contribution is -0.137. The predicted molar refractivity (Wildman–Crippen MR) is 147 cm³/mol. The number of anilines is 2. The molecule has 3 heterocycles. The summed E-state index contributed by atoms with van der Waals surface area (Å²) in [5.41, 5.74) is 4.97. The van der Waals surface area contributed by atoms with Crippen LogP contribution in [0.2, 0.25) is 23.2 Å². The number of pyridine rings is 1. The Bertz CT molecular complexity index is 1380. The Balaban J connectivity index is 1.83. The van der Waals surface area contributed by atoms with Crippen LogP contribution in [-0.4, -0.2) is 49.1 Å². The Morgan fingerprint density at radius 3 is 2.53 bits per heavy atom. The van der Waals surface area contributed by atoms with Crippen LogP contribution in [0.1, 0.15) is 38.8 Å². The van der Waals surface area contributed by atoms with Gasteiger partial charge in [0.1, 0.15) is 24.6 Å². The number of halogens is 4. The first kappa shape index (κ1) is 28.4. The highest BCUT2D eigenvalue weighted by atomic mass is 35.5. The van der Waals surface area contributed by atoms with Crippen LogP contribution < -0.4 is 15.4 Å². The van der Waals surface area contributed by atoms with Crippen molar-refractivity contribution in [3.05, 3.63) is 34.6 Å². The summed E-state index contributed by atoms with van der Waals surface area (Å²) in [7, 11) is -1.98. The molecule has 12 heteroatoms. The number of aromatic nitrogens is 3. The molecule has 2 aromatic heterocycles. The second-order valence-corrected chi connectivity index (χ2v) is 16.4. The number of alkyl halides is 3. The van der Waals surface area contributed by atoms with Crippen molar-refractivity contribution in [3.63, 3.8) is 0 Å². The summed E-state index contributed by atoms with van der Waals surface area (Å²) >= 11 is 6.76. The fraction of sp³-hybridized carbons (Fsp3) is 0.500. The van der Waals surface area contributed by atoms with Gasteiger partial charge in [0.05, 0.1) is 40.3 Å². The van der Waals surface area contributed by atoms with Crippen molar-refractivity contribution >= 4 is 42.5 Å². The van der Waals surface area contributed by atoms with Crippen molar-refractivity contribution in [1.82, 2.24) is 15.0 Å². The molecule has 1 aromatic carbocycles. The fourth-order valence-electron chi connectivity index (χ4n) is 4.34. The topological polar surface area (TPSA) is 86.4 Å². The highest BCUT2D eigenvalue weighted by Gasteiger charge is 2.39. The van der Waals surface area contributed by atoms with E-state index in [-0.39, 0.29) is 51.1 Å². The number of benzene rings is 1. The van der Waals surface area contributed by atoms with Crippen molar-refractivity contribution in [2.24, 2.45) is 0 Å². The van der Waals surface area contributed by atoms with Gasteiger partial charge in [-0.2, -0.15) is 13.2 Å². The molecule has 0 saturated heterocycles. The van der Waals surface area contributed by atoms with Gasteiger partial charge in [0.25, 0.3) is 0 Å². The Labute approximate surface area is 226 Å². The van der Waals surface area contributed by atoms with Crippen LogP contribution >= 0.6 is 11.6 Å². The van der Waals surface area contributed by atoms with Crippen LogP contribution in [0.5, 0.6) is 5.75 Å². The standard InChI is InChI=1S/C26H33ClF3N5O2Si/c1-14-10-18(31)34-22(20(14)26(28,29)30)16-11-17-19-23(21(16)27)36-9-8-35(24(19)33-13-32-17)15(2)12-37-38(6,7)25(3,4)5/h10-11,13,15H,8-9,12H2,1-7H3,(H2,31,34). The predicted octanol–water partition coefficient (Wildman–Crippen LogP) is 6.86. The Morgan fingerprint density at radius 2 is 1.89 bits per heavy atom. The van der Waals surface area contributed by atoms with Gasteiger partial charge < -0.3 is 19.8 Å². The molecule has 1 aliphatic rings. The van der Waals surface area contributed by atoms with Crippen molar-refractivity contribution in [1.29, 1.82) is 0 Å². The first-order valence-electron chi connectivity index (χ1n) is 12.4. The second-order valence-electron chi connectivity index (χ2n) is 11.2. The quantitative estimate of drug-likeness (QED) is 0.337. The number of nitrogens with two attached hydrogens (primary N) is 1. The summed E-state index contributed by atoms with van der Waals surface area (Å²) in [4.78, 5) is 15.0. The lowest BCUT2D eigenvalue weighted by Crippen LogP contribution is -2.46. The fourth-order valence-corrected chi connectivity index (χ4v) is 5.73. The maximum atomic E-state index is 14.1. The monoisotopic (exact) mass is 567 g/mol. The molecule has 2 N–H and O–H groups in total. The molecule has 3 aromatic rings. The molecule has 0 fully saturated rings. The number of nitrogens with zero attached hydrogens (tertiary/aromatic N) is 4. The maximum absolute atomic E-state index is 14.1. The van der Waals surface area contributed by atoms with Gasteiger partial charge in [-0.1, -0.05) is 32.4 Å². The van der Waals surface area contributed by atoms with E-state index < -0.39 is 20.1 Å². The third-order valence-electron chi connectivity index (χ3n) is 7.45. The van der Waals surface area contributed by atoms with Crippen molar-refractivity contribution in [2.45, 2.75) is 65.0 Å². The largest absolute Gasteiger partial charge is 0.489 e. The van der Waals surface area contributed by atoms with Gasteiger partial charge in [-0.05, 0) is 49.7 Å². The van der Waals surface area contributed by atoms with Gasteiger partial charge in [-0.15, -0.1) is 0 Å². The van der Waals surface area contributed by atoms with Crippen LogP contribution in [0.15, 0.2) is 18.5 Å². The molecule has 7 nitrogen and oxygen atoms in total. The van der Waals surface area contributed by atoms with Crippen molar-refractivity contribution in [3.8, 4) is 17.0 Å². The number of ether oxygens (including phenoxy) is 1. The molecule has 0 bridgehead atoms. The van der Waals surface area contributed by atoms with E-state index in [9.17, 15) is 13.2 Å². The lowest BCUT2D eigenvalue weighted by atomic mass is 9.99. The molecular formula is C26H33ClF3N5O2Si. The Hall–Kier alpha value is -2.63. The summed E-state index contributed by atoms with van der Waals surface area (Å²) in [5.74, 6) is 0.776. The van der Waals surface area contributed by atoms with E-state index in [1.165, 1.54) is 25.4 Å². The van der Waals surface area contributed by atoms with Gasteiger partial charge in [0, 0.05) is 11.6 Å². The SMILES string of the molecule is Cc1cc(N)nc(-c2cc3ncnc4c3c(c2Cl)OCCN4C(C)CO[Si](C)(C)C(C)(C)C)c1C(F)(F)F. The van der Waals surface area contributed by atoms with Crippen LogP contribution in [0.25, 0.3) is 22.2 Å². The van der Waals surface area contributed by atoms with E-state index in [0.717, 1.165) is 0 Å². The van der Waals surface area contributed by atoms with Gasteiger partial charge in [-0.25, -0.2) is 15.0 Å². The molecule has 0 saturated carbocycles. The van der Waals surface area contributed by atoms with Crippen LogP contribution in [-0.2, 0) is 10.6 Å². The molecule has 0 aliphatic carbocycles. The van der Waals surface area contributed by atoms with E-state index >= 15 is 0 Å². The summed E-state index contributed by atoms with van der Waals surface area (Å²) in [6.45, 7) is 15.6. The zero-order valence-electron chi connectivity index (χ0n) is 22.6. The third kappa shape index (κ3) is 5.15. The minimum Gasteiger partial charge on any atom is -0.489 e. The molecular weight excluding hydrogens is 535 g/mol. The average Bonchev–Trinajstić information content (AvgIpc) is 2.98. The van der Waals surface area contributed by atoms with Crippen molar-refractivity contribution < 1.29 is 22.3 Å². The second kappa shape index (κ2) is 9.84. The molecule has 4 rings (SSSR count). The summed E-state index contributed by atoms with van der Waals surface area (Å²) in [5, 5.41) is 0.603. The smallest absolute Gasteiger partial charge is 0.418 e. The van der Waals surface area contributed by atoms with E-state index in [1.54, 1.807) is 0 Å². The third-order valence-corrected chi connectivity index (χ3v) is 12.3. The highest BCUT2D eigenvalue weighted by molar-refractivity contribution is 6.74. The molecule has 38 heavy (non-hydrogen) atoms. The molecule has 0 radical (unpaired) electrons. The highest BCUT2D eigenvalue weighted by Crippen LogP contribution is 2.48. The summed E-state index contributed by atoms with van der Waals surface area (Å²) in [6.07, 6.45) is -3.28. The molecule has 0 spiro atoms. The van der Waals surface area contributed by atoms with Gasteiger partial charge in [0.15, 0.2) is 14.1 Å². The zero-order chi connectivity index (χ0) is 28.2. The number of aryl methyl sites for hydroxylation is 1. The van der Waals surface area contributed by atoms with Gasteiger partial charge in [0.2, 0.25) is 0 Å². The Morgan fingerprint density at radius 1 is 1.21 bits per heavy atom. The molecule has 1 aliphatic heterocycles. The minimum atomic E-state index is -4.67. The number of nitrogen functional groups attached to an aromatic ring is 1. The summed E-state index contributed by atoms with van der Waals surface area (Å²) in [6, 6.07) is 2.63. The van der Waals surface area contributed by atoms with Crippen LogP contribution in [0, 0.1) is 6.92 Å². The summed E-state index contributed by atoms with van der Waals surface area (Å²) < 4.78 is 54.7. The number of hydrogen-bond acceptors (Lipinski definition) is 7. The molecule has 1 unspecified atom stereocenters. The lowest BCUT2D eigenvalue weighted by Gasteiger charge is -2.38. The first-order chi connectivity index (χ1) is 17.5. The zero-order valence-corrected chi connectivity index (χ0v) is 24.4. The number of rotatable bonds is 5. The first-order valence-corrected chi connectivity index (χ1v) is 15.7. The van der Waals surface area contributed by atoms with Gasteiger partial charge >= 0.3 is 6.18 Å². The normalized spacial score (nSPS) is 15.4. The van der Waals surface area contributed by atoms with E-state index in [1.807, 2.05) is 0 Å². The minimum absolute atomic E-state index is 0.00331. The van der Waals surface area contributed by atoms with E-state index in [4.69, 9.17) is 26.5 Å². The van der Waals surface area contributed by atoms with Gasteiger partial charge in [-0.3, -0.25) is 0 Å². The number of hydrogen-bond donors (Lipinski definition) is 1.